The van der Waals surface area contributed by atoms with Crippen molar-refractivity contribution in [2.75, 3.05) is 18.4 Å². The van der Waals surface area contributed by atoms with Crippen molar-refractivity contribution in [3.63, 3.8) is 0 Å². The summed E-state index contributed by atoms with van der Waals surface area (Å²) in [6.07, 6.45) is 2.54. The molecular formula is C27H37ClO6SSi. The van der Waals surface area contributed by atoms with Crippen molar-refractivity contribution in [1.82, 2.24) is 0 Å². The summed E-state index contributed by atoms with van der Waals surface area (Å²) in [4.78, 5) is 0. The number of rotatable bonds is 8. The van der Waals surface area contributed by atoms with Crippen molar-refractivity contribution in [1.29, 1.82) is 0 Å². The molecule has 198 valence electrons. The summed E-state index contributed by atoms with van der Waals surface area (Å²) in [6.45, 7) is 7.44. The van der Waals surface area contributed by atoms with E-state index in [1.165, 1.54) is 0 Å². The van der Waals surface area contributed by atoms with Gasteiger partial charge in [0.2, 0.25) is 0 Å². The molecule has 3 atom stereocenters. The molecule has 0 saturated carbocycles. The number of ether oxygens (including phenoxy) is 2. The lowest BCUT2D eigenvalue weighted by molar-refractivity contribution is -0.312. The highest BCUT2D eigenvalue weighted by Crippen LogP contribution is 2.41. The molecule has 0 amide bonds. The summed E-state index contributed by atoms with van der Waals surface area (Å²) in [7, 11) is -6.72. The van der Waals surface area contributed by atoms with Gasteiger partial charge in [0, 0.05) is 12.8 Å². The second-order valence-electron chi connectivity index (χ2n) is 10.7. The van der Waals surface area contributed by atoms with Crippen LogP contribution in [-0.2, 0) is 28.2 Å². The standard InChI is InChI=1S/C27H37ClO6SSi/c1-26(2,3)36(22-12-6-4-7-13-22,23-14-8-5-9-15-23)32-20-25-24(34-35(29,30)21-28)16-18-27(33-25)17-10-11-19-31-27/h4-9,12-15,24-25H,10-11,16-21H2,1-3H3/t24-,25+,27?/m1/s1. The van der Waals surface area contributed by atoms with Gasteiger partial charge in [-0.1, -0.05) is 81.4 Å². The first-order chi connectivity index (χ1) is 17.1. The average molecular weight is 553 g/mol. The molecule has 2 saturated heterocycles. The van der Waals surface area contributed by atoms with Crippen molar-refractivity contribution >= 4 is 40.4 Å². The Bertz CT molecular complexity index is 1040. The minimum atomic E-state index is -3.88. The van der Waals surface area contributed by atoms with Crippen LogP contribution < -0.4 is 10.4 Å². The molecule has 2 aromatic carbocycles. The van der Waals surface area contributed by atoms with Crippen LogP contribution >= 0.6 is 11.6 Å². The van der Waals surface area contributed by atoms with Gasteiger partial charge in [0.1, 0.15) is 17.4 Å². The fourth-order valence-corrected chi connectivity index (χ4v) is 10.9. The summed E-state index contributed by atoms with van der Waals surface area (Å²) in [5, 5.41) is 1.47. The Labute approximate surface area is 221 Å². The molecule has 0 bridgehead atoms. The largest absolute Gasteiger partial charge is 0.405 e. The van der Waals surface area contributed by atoms with Crippen LogP contribution in [0.3, 0.4) is 0 Å². The third-order valence-corrected chi connectivity index (χ3v) is 13.8. The molecule has 1 unspecified atom stereocenters. The fourth-order valence-electron chi connectivity index (χ4n) is 5.51. The van der Waals surface area contributed by atoms with Gasteiger partial charge in [0.15, 0.2) is 5.79 Å². The van der Waals surface area contributed by atoms with E-state index in [1.807, 2.05) is 36.4 Å². The number of hydrogen-bond acceptors (Lipinski definition) is 6. The quantitative estimate of drug-likeness (QED) is 0.272. The van der Waals surface area contributed by atoms with E-state index >= 15 is 0 Å². The number of hydrogen-bond donors (Lipinski definition) is 0. The predicted molar refractivity (Wildman–Crippen MR) is 145 cm³/mol. The Kier molecular flexibility index (Phi) is 8.66. The highest BCUT2D eigenvalue weighted by molar-refractivity contribution is 7.87. The summed E-state index contributed by atoms with van der Waals surface area (Å²) < 4.78 is 49.9. The van der Waals surface area contributed by atoms with Crippen LogP contribution in [0.4, 0.5) is 0 Å². The van der Waals surface area contributed by atoms with E-state index < -0.39 is 41.6 Å². The second-order valence-corrected chi connectivity index (χ2v) is 17.2. The van der Waals surface area contributed by atoms with Crippen molar-refractivity contribution in [3.8, 4) is 0 Å². The highest BCUT2D eigenvalue weighted by Gasteiger charge is 2.52. The van der Waals surface area contributed by atoms with Crippen molar-refractivity contribution < 1.29 is 26.5 Å². The SMILES string of the molecule is CC(C)(C)[Si](OC[C@@H]1OC2(CCCCO2)CC[C@H]1OS(=O)(=O)CCl)(c1ccccc1)c1ccccc1. The minimum absolute atomic E-state index is 0.181. The Balaban J connectivity index is 1.71. The molecule has 0 N–H and O–H groups in total. The first kappa shape index (κ1) is 27.8. The number of alkyl halides is 1. The molecule has 0 aliphatic carbocycles. The zero-order valence-electron chi connectivity index (χ0n) is 21.3. The lowest BCUT2D eigenvalue weighted by atomic mass is 9.93. The summed E-state index contributed by atoms with van der Waals surface area (Å²) in [6, 6.07) is 20.7. The summed E-state index contributed by atoms with van der Waals surface area (Å²) >= 11 is 5.67. The van der Waals surface area contributed by atoms with Crippen LogP contribution in [0.15, 0.2) is 60.7 Å². The molecule has 2 aliphatic heterocycles. The Morgan fingerprint density at radius 1 is 1.00 bits per heavy atom. The highest BCUT2D eigenvalue weighted by atomic mass is 35.5. The van der Waals surface area contributed by atoms with Crippen LogP contribution in [0.1, 0.15) is 52.9 Å². The van der Waals surface area contributed by atoms with Crippen molar-refractivity contribution in [2.24, 2.45) is 0 Å². The van der Waals surface area contributed by atoms with Crippen LogP contribution in [0.25, 0.3) is 0 Å². The number of halogens is 1. The Morgan fingerprint density at radius 3 is 2.11 bits per heavy atom. The molecule has 4 rings (SSSR count). The lowest BCUT2D eigenvalue weighted by Gasteiger charge is -2.48. The zero-order valence-corrected chi connectivity index (χ0v) is 23.9. The van der Waals surface area contributed by atoms with Gasteiger partial charge in [-0.2, -0.15) is 8.42 Å². The molecule has 2 heterocycles. The van der Waals surface area contributed by atoms with Gasteiger partial charge in [-0.25, -0.2) is 0 Å². The van der Waals surface area contributed by atoms with Gasteiger partial charge >= 0.3 is 0 Å². The van der Waals surface area contributed by atoms with E-state index in [9.17, 15) is 8.42 Å². The smallest absolute Gasteiger partial charge is 0.281 e. The van der Waals surface area contributed by atoms with Crippen LogP contribution in [0, 0.1) is 0 Å². The first-order valence-corrected chi connectivity index (χ1v) is 16.7. The monoisotopic (exact) mass is 552 g/mol. The molecular weight excluding hydrogens is 516 g/mol. The molecule has 36 heavy (non-hydrogen) atoms. The van der Waals surface area contributed by atoms with Gasteiger partial charge in [-0.3, -0.25) is 4.18 Å². The molecule has 0 aromatic heterocycles. The Morgan fingerprint density at radius 2 is 1.61 bits per heavy atom. The molecule has 2 aromatic rings. The maximum Gasteiger partial charge on any atom is 0.281 e. The van der Waals surface area contributed by atoms with Crippen molar-refractivity contribution in [3.05, 3.63) is 60.7 Å². The zero-order chi connectivity index (χ0) is 25.9. The minimum Gasteiger partial charge on any atom is -0.405 e. The molecule has 2 fully saturated rings. The third-order valence-electron chi connectivity index (χ3n) is 7.19. The van der Waals surface area contributed by atoms with Crippen LogP contribution in [-0.4, -0.2) is 53.2 Å². The van der Waals surface area contributed by atoms with Crippen LogP contribution in [0.2, 0.25) is 5.04 Å². The maximum absolute atomic E-state index is 12.3. The molecule has 0 radical (unpaired) electrons. The van der Waals surface area contributed by atoms with E-state index in [2.05, 4.69) is 45.0 Å². The van der Waals surface area contributed by atoms with Gasteiger partial charge in [0.25, 0.3) is 18.4 Å². The summed E-state index contributed by atoms with van der Waals surface area (Å²) in [5.41, 5.74) is 0. The topological polar surface area (TPSA) is 71.1 Å². The van der Waals surface area contributed by atoms with E-state index in [-0.39, 0.29) is 11.6 Å². The van der Waals surface area contributed by atoms with Crippen molar-refractivity contribution in [2.45, 2.75) is 75.9 Å². The average Bonchev–Trinajstić information content (AvgIpc) is 2.87. The lowest BCUT2D eigenvalue weighted by Crippen LogP contribution is -2.67. The normalized spacial score (nSPS) is 25.7. The van der Waals surface area contributed by atoms with Gasteiger partial charge in [-0.15, -0.1) is 11.6 Å². The predicted octanol–water partition coefficient (Wildman–Crippen LogP) is 4.55. The van der Waals surface area contributed by atoms with E-state index in [0.717, 1.165) is 29.6 Å². The molecule has 2 aliphatic rings. The van der Waals surface area contributed by atoms with E-state index in [0.29, 0.717) is 19.4 Å². The molecule has 6 nitrogen and oxygen atoms in total. The second kappa shape index (κ2) is 11.2. The maximum atomic E-state index is 12.3. The van der Waals surface area contributed by atoms with Gasteiger partial charge < -0.3 is 13.9 Å². The third kappa shape index (κ3) is 5.90. The Hall–Kier alpha value is -1.26. The van der Waals surface area contributed by atoms with Crippen LogP contribution in [0.5, 0.6) is 0 Å². The van der Waals surface area contributed by atoms with Gasteiger partial charge in [0.05, 0.1) is 13.2 Å². The van der Waals surface area contributed by atoms with Gasteiger partial charge in [-0.05, 0) is 34.7 Å². The van der Waals surface area contributed by atoms with E-state index in [1.54, 1.807) is 0 Å². The fraction of sp³-hybridized carbons (Fsp3) is 0.556. The molecule has 9 heteroatoms. The molecule has 1 spiro atoms. The van der Waals surface area contributed by atoms with E-state index in [4.69, 9.17) is 29.7 Å². The first-order valence-electron chi connectivity index (χ1n) is 12.6. The number of benzene rings is 2. The summed E-state index contributed by atoms with van der Waals surface area (Å²) in [5.74, 6) is -0.720.